The second-order valence-electron chi connectivity index (χ2n) is 16.6. The Kier molecular flexibility index (Phi) is 7.92. The van der Waals surface area contributed by atoms with E-state index in [1.807, 2.05) is 0 Å². The monoisotopic (exact) mass is 759 g/mol. The molecule has 8 aromatic carbocycles. The minimum Gasteiger partial charge on any atom is -0.455 e. The van der Waals surface area contributed by atoms with Gasteiger partial charge in [0.05, 0.1) is 27.5 Å². The van der Waals surface area contributed by atoms with Gasteiger partial charge in [-0.3, -0.25) is 9.97 Å². The normalized spacial score (nSPS) is 13.1. The summed E-state index contributed by atoms with van der Waals surface area (Å²) in [6.45, 7) is 6.80. The van der Waals surface area contributed by atoms with Gasteiger partial charge in [-0.2, -0.15) is 0 Å². The molecule has 0 saturated carbocycles. The van der Waals surface area contributed by atoms with Crippen LogP contribution in [0, 0.1) is 0 Å². The summed E-state index contributed by atoms with van der Waals surface area (Å²) >= 11 is 0. The molecule has 4 nitrogen and oxygen atoms in total. The molecule has 1 aliphatic carbocycles. The Morgan fingerprint density at radius 1 is 0.525 bits per heavy atom. The van der Waals surface area contributed by atoms with Gasteiger partial charge in [-0.1, -0.05) is 160 Å². The van der Waals surface area contributed by atoms with Gasteiger partial charge >= 0.3 is 0 Å². The highest BCUT2D eigenvalue weighted by atomic mass is 16.3. The van der Waals surface area contributed by atoms with Gasteiger partial charge < -0.3 is 9.32 Å². The second-order valence-corrected chi connectivity index (χ2v) is 16.6. The molecule has 2 heterocycles. The number of nitrogens with zero attached hydrogens (tertiary/aromatic N) is 3. The fraction of sp³-hybridized carbons (Fsp3) is 0.0909. The van der Waals surface area contributed by atoms with Crippen LogP contribution in [-0.4, -0.2) is 9.97 Å². The quantitative estimate of drug-likeness (QED) is 0.169. The van der Waals surface area contributed by atoms with Crippen molar-refractivity contribution in [3.63, 3.8) is 0 Å². The van der Waals surface area contributed by atoms with E-state index in [4.69, 9.17) is 14.4 Å². The van der Waals surface area contributed by atoms with Crippen LogP contribution in [0.2, 0.25) is 0 Å². The molecule has 282 valence electrons. The van der Waals surface area contributed by atoms with Crippen LogP contribution in [0.25, 0.3) is 55.2 Å². The standard InChI is InChI=1S/C55H41N3O/c1-54(2,3)38-25-29-42(30-26-38)58(41-27-23-37(24-28-41)36-15-7-4-8-16-36)47-35-45-51(53-49(47)43-21-13-14-22-48(43)59-53)50-44(31-32-46-52(50)57-34-33-56-46)55(45,39-17-9-5-10-18-39)40-19-11-6-12-20-40/h4-35H,1-3H3. The maximum atomic E-state index is 7.19. The van der Waals surface area contributed by atoms with Gasteiger partial charge in [0, 0.05) is 40.3 Å². The first kappa shape index (κ1) is 34.9. The van der Waals surface area contributed by atoms with Crippen LogP contribution in [0.5, 0.6) is 0 Å². The van der Waals surface area contributed by atoms with E-state index in [-0.39, 0.29) is 5.41 Å². The first-order chi connectivity index (χ1) is 28.9. The van der Waals surface area contributed by atoms with E-state index in [2.05, 4.69) is 208 Å². The van der Waals surface area contributed by atoms with Crippen molar-refractivity contribution in [2.24, 2.45) is 0 Å². The lowest BCUT2D eigenvalue weighted by Crippen LogP contribution is -2.28. The Morgan fingerprint density at radius 2 is 1.10 bits per heavy atom. The molecule has 0 unspecified atom stereocenters. The SMILES string of the molecule is CC(C)(C)c1ccc(N(c2ccc(-c3ccccc3)cc2)c2cc3c(c4oc5ccccc5c24)-c2c(ccc4nccnc24)C3(c2ccccc2)c2ccccc2)cc1. The van der Waals surface area contributed by atoms with Crippen molar-refractivity contribution >= 4 is 50.0 Å². The van der Waals surface area contributed by atoms with E-state index >= 15 is 0 Å². The molecule has 0 amide bonds. The molecule has 0 saturated heterocycles. The Balaban J connectivity index is 1.30. The highest BCUT2D eigenvalue weighted by Gasteiger charge is 2.49. The maximum Gasteiger partial charge on any atom is 0.145 e. The number of aromatic nitrogens is 2. The van der Waals surface area contributed by atoms with Gasteiger partial charge in [-0.15, -0.1) is 0 Å². The first-order valence-electron chi connectivity index (χ1n) is 20.3. The van der Waals surface area contributed by atoms with Crippen molar-refractivity contribution in [2.45, 2.75) is 31.6 Å². The van der Waals surface area contributed by atoms with Crippen molar-refractivity contribution in [2.75, 3.05) is 4.90 Å². The lowest BCUT2D eigenvalue weighted by Gasteiger charge is -2.35. The third kappa shape index (κ3) is 5.37. The summed E-state index contributed by atoms with van der Waals surface area (Å²) in [6.07, 6.45) is 3.58. The number of para-hydroxylation sites is 1. The third-order valence-corrected chi connectivity index (χ3v) is 12.2. The van der Waals surface area contributed by atoms with E-state index in [1.54, 1.807) is 12.4 Å². The molecule has 0 bridgehead atoms. The van der Waals surface area contributed by atoms with Gasteiger partial charge in [0.25, 0.3) is 0 Å². The maximum absolute atomic E-state index is 7.19. The van der Waals surface area contributed by atoms with E-state index in [0.717, 1.165) is 72.3 Å². The summed E-state index contributed by atoms with van der Waals surface area (Å²) in [5.74, 6) is 0. The smallest absolute Gasteiger partial charge is 0.145 e. The molecular weight excluding hydrogens is 719 g/mol. The van der Waals surface area contributed by atoms with Crippen LogP contribution in [-0.2, 0) is 10.8 Å². The molecule has 11 rings (SSSR count). The van der Waals surface area contributed by atoms with Crippen LogP contribution < -0.4 is 4.90 Å². The zero-order chi connectivity index (χ0) is 39.7. The molecule has 0 fully saturated rings. The van der Waals surface area contributed by atoms with Gasteiger partial charge in [0.2, 0.25) is 0 Å². The topological polar surface area (TPSA) is 42.2 Å². The summed E-state index contributed by atoms with van der Waals surface area (Å²) in [6, 6.07) is 65.8. The molecule has 4 heteroatoms. The van der Waals surface area contributed by atoms with Crippen LogP contribution in [0.15, 0.2) is 199 Å². The van der Waals surface area contributed by atoms with Crippen molar-refractivity contribution in [3.8, 4) is 22.3 Å². The average molecular weight is 760 g/mol. The van der Waals surface area contributed by atoms with Crippen molar-refractivity contribution in [3.05, 3.63) is 222 Å². The molecule has 0 radical (unpaired) electrons. The van der Waals surface area contributed by atoms with Crippen LogP contribution in [0.1, 0.15) is 48.6 Å². The Labute approximate surface area is 344 Å². The average Bonchev–Trinajstić information content (AvgIpc) is 3.82. The fourth-order valence-corrected chi connectivity index (χ4v) is 9.48. The van der Waals surface area contributed by atoms with Crippen LogP contribution >= 0.6 is 0 Å². The Hall–Kier alpha value is -7.30. The van der Waals surface area contributed by atoms with Crippen molar-refractivity contribution < 1.29 is 4.42 Å². The van der Waals surface area contributed by atoms with Gasteiger partial charge in [-0.25, -0.2) is 0 Å². The zero-order valence-electron chi connectivity index (χ0n) is 33.2. The number of anilines is 3. The molecule has 1 aliphatic rings. The number of fused-ring (bicyclic) bond motifs is 9. The summed E-state index contributed by atoms with van der Waals surface area (Å²) in [5, 5.41) is 2.11. The lowest BCUT2D eigenvalue weighted by atomic mass is 9.67. The summed E-state index contributed by atoms with van der Waals surface area (Å²) in [7, 11) is 0. The molecule has 2 aromatic heterocycles. The van der Waals surface area contributed by atoms with Crippen molar-refractivity contribution in [1.29, 1.82) is 0 Å². The number of hydrogen-bond acceptors (Lipinski definition) is 4. The molecule has 0 atom stereocenters. The minimum atomic E-state index is -0.709. The summed E-state index contributed by atoms with van der Waals surface area (Å²) in [5.41, 5.74) is 16.2. The van der Waals surface area contributed by atoms with Gasteiger partial charge in [0.15, 0.2) is 0 Å². The highest BCUT2D eigenvalue weighted by Crippen LogP contribution is 2.62. The molecule has 59 heavy (non-hydrogen) atoms. The minimum absolute atomic E-state index is 0.00466. The molecule has 0 N–H and O–H groups in total. The molecular formula is C55H41N3O. The van der Waals surface area contributed by atoms with E-state index in [0.29, 0.717) is 0 Å². The first-order valence-corrected chi connectivity index (χ1v) is 20.3. The van der Waals surface area contributed by atoms with E-state index in [9.17, 15) is 0 Å². The number of benzene rings is 8. The Bertz CT molecular complexity index is 3130. The van der Waals surface area contributed by atoms with Gasteiger partial charge in [-0.05, 0) is 86.8 Å². The zero-order valence-corrected chi connectivity index (χ0v) is 33.2. The highest BCUT2D eigenvalue weighted by molar-refractivity contribution is 6.21. The summed E-state index contributed by atoms with van der Waals surface area (Å²) < 4.78 is 7.19. The number of hydrogen-bond donors (Lipinski definition) is 0. The van der Waals surface area contributed by atoms with Crippen LogP contribution in [0.4, 0.5) is 17.1 Å². The van der Waals surface area contributed by atoms with E-state index < -0.39 is 5.41 Å². The third-order valence-electron chi connectivity index (χ3n) is 12.2. The van der Waals surface area contributed by atoms with E-state index in [1.165, 1.54) is 27.8 Å². The lowest BCUT2D eigenvalue weighted by molar-refractivity contribution is 0.590. The fourth-order valence-electron chi connectivity index (χ4n) is 9.48. The molecule has 0 aliphatic heterocycles. The predicted octanol–water partition coefficient (Wildman–Crippen LogP) is 14.3. The molecule has 10 aromatic rings. The summed E-state index contributed by atoms with van der Waals surface area (Å²) in [4.78, 5) is 12.3. The predicted molar refractivity (Wildman–Crippen MR) is 243 cm³/mol. The van der Waals surface area contributed by atoms with Crippen LogP contribution in [0.3, 0.4) is 0 Å². The van der Waals surface area contributed by atoms with Crippen molar-refractivity contribution in [1.82, 2.24) is 9.97 Å². The Morgan fingerprint density at radius 3 is 1.76 bits per heavy atom. The molecule has 0 spiro atoms. The largest absolute Gasteiger partial charge is 0.455 e. The number of rotatable bonds is 6. The number of furan rings is 1. The van der Waals surface area contributed by atoms with Gasteiger partial charge in [0.1, 0.15) is 11.2 Å². The second kappa shape index (κ2) is 13.4.